The van der Waals surface area contributed by atoms with Crippen molar-refractivity contribution in [3.8, 4) is 5.69 Å². The Bertz CT molecular complexity index is 1270. The molecule has 2 aliphatic rings. The maximum atomic E-state index is 12.6. The molecule has 0 spiro atoms. The Morgan fingerprint density at radius 2 is 1.71 bits per heavy atom. The van der Waals surface area contributed by atoms with Gasteiger partial charge in [0, 0.05) is 40.3 Å². The molecule has 1 amide bonds. The maximum absolute atomic E-state index is 12.6. The van der Waals surface area contributed by atoms with Gasteiger partial charge in [0.1, 0.15) is 0 Å². The molecule has 1 N–H and O–H groups in total. The van der Waals surface area contributed by atoms with Gasteiger partial charge in [0.05, 0.1) is 23.8 Å². The van der Waals surface area contributed by atoms with Gasteiger partial charge in [0.15, 0.2) is 5.17 Å². The van der Waals surface area contributed by atoms with Crippen molar-refractivity contribution in [2.24, 2.45) is 4.99 Å². The second-order valence-corrected chi connectivity index (χ2v) is 10.2. The summed E-state index contributed by atoms with van der Waals surface area (Å²) in [5.41, 5.74) is 6.36. The molecule has 174 valence electrons. The fraction of sp³-hybridized carbons (Fsp3) is 0.231. The van der Waals surface area contributed by atoms with Gasteiger partial charge in [-0.3, -0.25) is 4.79 Å². The van der Waals surface area contributed by atoms with Gasteiger partial charge in [-0.25, -0.2) is 4.99 Å². The van der Waals surface area contributed by atoms with Crippen LogP contribution in [0.15, 0.2) is 69.0 Å². The molecule has 3 aromatic rings. The van der Waals surface area contributed by atoms with E-state index in [1.165, 1.54) is 17.4 Å². The third-order valence-corrected chi connectivity index (χ3v) is 7.39. The van der Waals surface area contributed by atoms with Gasteiger partial charge in [-0.1, -0.05) is 15.9 Å². The van der Waals surface area contributed by atoms with Gasteiger partial charge < -0.3 is 19.5 Å². The van der Waals surface area contributed by atoms with E-state index in [-0.39, 0.29) is 5.91 Å². The monoisotopic (exact) mass is 536 g/mol. The van der Waals surface area contributed by atoms with Gasteiger partial charge in [-0.2, -0.15) is 0 Å². The number of nitrogens with one attached hydrogen (secondary N) is 1. The molecule has 34 heavy (non-hydrogen) atoms. The quantitative estimate of drug-likeness (QED) is 0.442. The van der Waals surface area contributed by atoms with E-state index in [0.29, 0.717) is 10.1 Å². The van der Waals surface area contributed by atoms with Crippen molar-refractivity contribution in [3.05, 3.63) is 80.9 Å². The van der Waals surface area contributed by atoms with Crippen LogP contribution < -0.4 is 10.2 Å². The zero-order chi connectivity index (χ0) is 23.7. The number of anilines is 1. The van der Waals surface area contributed by atoms with Crippen LogP contribution in [-0.4, -0.2) is 41.9 Å². The van der Waals surface area contributed by atoms with Gasteiger partial charge in [-0.05, 0) is 91.8 Å². The molecule has 0 saturated carbocycles. The Kier molecular flexibility index (Phi) is 6.63. The van der Waals surface area contributed by atoms with Gasteiger partial charge >= 0.3 is 0 Å². The van der Waals surface area contributed by atoms with Crippen LogP contribution in [0, 0.1) is 13.8 Å². The first-order valence-electron chi connectivity index (χ1n) is 11.2. The fourth-order valence-corrected chi connectivity index (χ4v) is 5.32. The summed E-state index contributed by atoms with van der Waals surface area (Å²) in [6.07, 6.45) is 1.95. The minimum absolute atomic E-state index is 0.125. The first-order valence-corrected chi connectivity index (χ1v) is 12.8. The summed E-state index contributed by atoms with van der Waals surface area (Å²) in [6.45, 7) is 7.57. The van der Waals surface area contributed by atoms with Crippen LogP contribution in [0.1, 0.15) is 17.0 Å². The van der Waals surface area contributed by atoms with E-state index >= 15 is 0 Å². The number of amides is 1. The van der Waals surface area contributed by atoms with Crippen molar-refractivity contribution < 1.29 is 9.53 Å². The number of thioether (sulfide) groups is 1. The number of rotatable bonds is 4. The first-order chi connectivity index (χ1) is 16.5. The SMILES string of the molecule is Cc1cc(/C=C2/SC(=Nc3ccc(Br)cc3)NC2=O)c(C)n1-c1ccc(N2CCOCC2)cc1. The van der Waals surface area contributed by atoms with E-state index in [2.05, 4.69) is 79.9 Å². The number of halogens is 1. The summed E-state index contributed by atoms with van der Waals surface area (Å²) in [6, 6.07) is 18.4. The number of nitrogens with zero attached hydrogens (tertiary/aromatic N) is 3. The van der Waals surface area contributed by atoms with Gasteiger partial charge in [0.2, 0.25) is 0 Å². The molecule has 2 aliphatic heterocycles. The van der Waals surface area contributed by atoms with Crippen LogP contribution in [0.5, 0.6) is 0 Å². The van der Waals surface area contributed by atoms with Crippen LogP contribution in [0.4, 0.5) is 11.4 Å². The molecule has 2 aromatic carbocycles. The number of carbonyl (C=O) groups is 1. The summed E-state index contributed by atoms with van der Waals surface area (Å²) in [4.78, 5) is 20.1. The summed E-state index contributed by atoms with van der Waals surface area (Å²) in [5, 5.41) is 3.46. The van der Waals surface area contributed by atoms with Crippen molar-refractivity contribution in [1.29, 1.82) is 0 Å². The lowest BCUT2D eigenvalue weighted by molar-refractivity contribution is -0.115. The Labute approximate surface area is 211 Å². The standard InChI is InChI=1S/C26H25BrN4O2S/c1-17-15-19(16-24-25(32)29-26(34-24)28-21-5-3-20(27)4-6-21)18(2)31(17)23-9-7-22(8-10-23)30-11-13-33-14-12-30/h3-10,15-16H,11-14H2,1-2H3,(H,28,29,32)/b24-16+. The summed E-state index contributed by atoms with van der Waals surface area (Å²) in [5.74, 6) is -0.125. The molecule has 0 unspecified atom stereocenters. The number of benzene rings is 2. The zero-order valence-corrected chi connectivity index (χ0v) is 21.4. The highest BCUT2D eigenvalue weighted by atomic mass is 79.9. The number of morpholine rings is 1. The summed E-state index contributed by atoms with van der Waals surface area (Å²) < 4.78 is 8.68. The number of hydrogen-bond acceptors (Lipinski definition) is 5. The van der Waals surface area contributed by atoms with E-state index in [4.69, 9.17) is 4.74 Å². The molecule has 0 radical (unpaired) electrons. The number of aliphatic imine (C=N–C) groups is 1. The number of aromatic nitrogens is 1. The van der Waals surface area contributed by atoms with Crippen LogP contribution in [0.2, 0.25) is 0 Å². The molecule has 8 heteroatoms. The highest BCUT2D eigenvalue weighted by Gasteiger charge is 2.24. The highest BCUT2D eigenvalue weighted by Crippen LogP contribution is 2.31. The summed E-state index contributed by atoms with van der Waals surface area (Å²) >= 11 is 4.79. The van der Waals surface area contributed by atoms with Crippen LogP contribution >= 0.6 is 27.7 Å². The number of amidine groups is 1. The minimum atomic E-state index is -0.125. The topological polar surface area (TPSA) is 58.9 Å². The Morgan fingerprint density at radius 3 is 2.41 bits per heavy atom. The molecular weight excluding hydrogens is 512 g/mol. The van der Waals surface area contributed by atoms with Gasteiger partial charge in [0.25, 0.3) is 5.91 Å². The van der Waals surface area contributed by atoms with Crippen LogP contribution in [0.3, 0.4) is 0 Å². The molecule has 0 aliphatic carbocycles. The third kappa shape index (κ3) is 4.85. The van der Waals surface area contributed by atoms with Crippen molar-refractivity contribution in [2.45, 2.75) is 13.8 Å². The smallest absolute Gasteiger partial charge is 0.264 e. The van der Waals surface area contributed by atoms with Crippen molar-refractivity contribution >= 4 is 56.2 Å². The van der Waals surface area contributed by atoms with Crippen molar-refractivity contribution in [2.75, 3.05) is 31.2 Å². The lowest BCUT2D eigenvalue weighted by Crippen LogP contribution is -2.36. The molecule has 2 fully saturated rings. The second-order valence-electron chi connectivity index (χ2n) is 8.24. The Balaban J connectivity index is 1.37. The third-order valence-electron chi connectivity index (χ3n) is 5.95. The zero-order valence-electron chi connectivity index (χ0n) is 19.0. The predicted molar refractivity (Wildman–Crippen MR) is 143 cm³/mol. The van der Waals surface area contributed by atoms with Crippen LogP contribution in [0.25, 0.3) is 11.8 Å². The number of ether oxygens (including phenoxy) is 1. The molecule has 0 atom stereocenters. The lowest BCUT2D eigenvalue weighted by Gasteiger charge is -2.29. The highest BCUT2D eigenvalue weighted by molar-refractivity contribution is 9.10. The van der Waals surface area contributed by atoms with E-state index in [0.717, 1.165) is 59.1 Å². The lowest BCUT2D eigenvalue weighted by atomic mass is 10.2. The molecule has 3 heterocycles. The largest absolute Gasteiger partial charge is 0.378 e. The average molecular weight is 537 g/mol. The predicted octanol–water partition coefficient (Wildman–Crippen LogP) is 5.58. The molecule has 1 aromatic heterocycles. The van der Waals surface area contributed by atoms with E-state index in [1.54, 1.807) is 0 Å². The number of aryl methyl sites for hydroxylation is 1. The normalized spacial score (nSPS) is 18.7. The van der Waals surface area contributed by atoms with Crippen molar-refractivity contribution in [3.63, 3.8) is 0 Å². The number of hydrogen-bond donors (Lipinski definition) is 1. The summed E-state index contributed by atoms with van der Waals surface area (Å²) in [7, 11) is 0. The number of carbonyl (C=O) groups excluding carboxylic acids is 1. The van der Waals surface area contributed by atoms with E-state index in [1.807, 2.05) is 30.3 Å². The molecule has 5 rings (SSSR count). The fourth-order valence-electron chi connectivity index (χ4n) is 4.22. The van der Waals surface area contributed by atoms with Crippen LogP contribution in [-0.2, 0) is 9.53 Å². The Morgan fingerprint density at radius 1 is 1.03 bits per heavy atom. The Hall–Kier alpha value is -2.81. The van der Waals surface area contributed by atoms with E-state index in [9.17, 15) is 4.79 Å². The molecule has 0 bridgehead atoms. The average Bonchev–Trinajstić information content (AvgIpc) is 3.33. The second kappa shape index (κ2) is 9.82. The molecular formula is C26H25BrN4O2S. The van der Waals surface area contributed by atoms with Crippen molar-refractivity contribution in [1.82, 2.24) is 9.88 Å². The molecule has 6 nitrogen and oxygen atoms in total. The van der Waals surface area contributed by atoms with Gasteiger partial charge in [-0.15, -0.1) is 0 Å². The molecule has 2 saturated heterocycles. The first kappa shape index (κ1) is 23.0. The minimum Gasteiger partial charge on any atom is -0.378 e. The maximum Gasteiger partial charge on any atom is 0.264 e. The van der Waals surface area contributed by atoms with E-state index < -0.39 is 0 Å².